The van der Waals surface area contributed by atoms with Gasteiger partial charge in [0.15, 0.2) is 0 Å². The molecule has 8 heteroatoms. The van der Waals surface area contributed by atoms with Gasteiger partial charge in [-0.05, 0) is 55.8 Å². The zero-order valence-electron chi connectivity index (χ0n) is 18.2. The molecule has 0 unspecified atom stereocenters. The second-order valence-electron chi connectivity index (χ2n) is 8.40. The summed E-state index contributed by atoms with van der Waals surface area (Å²) in [7, 11) is 0. The van der Waals surface area contributed by atoms with Gasteiger partial charge in [0.25, 0.3) is 0 Å². The zero-order valence-corrected chi connectivity index (χ0v) is 18.2. The van der Waals surface area contributed by atoms with Gasteiger partial charge in [-0.1, -0.05) is 29.5 Å². The largest absolute Gasteiger partial charge is 0.326 e. The molecule has 0 aliphatic carbocycles. The van der Waals surface area contributed by atoms with Crippen molar-refractivity contribution in [1.82, 2.24) is 29.4 Å². The van der Waals surface area contributed by atoms with Crippen LogP contribution in [0.4, 0.5) is 5.69 Å². The van der Waals surface area contributed by atoms with E-state index in [-0.39, 0.29) is 5.91 Å². The third-order valence-electron chi connectivity index (χ3n) is 6.09. The summed E-state index contributed by atoms with van der Waals surface area (Å²) in [4.78, 5) is 18.4. The van der Waals surface area contributed by atoms with Crippen LogP contribution in [0.15, 0.2) is 60.9 Å². The van der Waals surface area contributed by atoms with Gasteiger partial charge in [-0.25, -0.2) is 9.67 Å². The maximum absolute atomic E-state index is 11.2. The van der Waals surface area contributed by atoms with Crippen LogP contribution in [0.3, 0.4) is 0 Å². The molecule has 0 saturated carbocycles. The second-order valence-corrected chi connectivity index (χ2v) is 8.40. The van der Waals surface area contributed by atoms with Crippen molar-refractivity contribution < 1.29 is 4.79 Å². The monoisotopic (exact) mass is 429 g/mol. The molecule has 8 nitrogen and oxygen atoms in total. The Balaban J connectivity index is 1.20. The molecule has 3 heterocycles. The van der Waals surface area contributed by atoms with Crippen molar-refractivity contribution in [1.29, 1.82) is 0 Å². The third kappa shape index (κ3) is 4.40. The number of nitrogens with one attached hydrogen (secondary N) is 1. The predicted molar refractivity (Wildman–Crippen MR) is 123 cm³/mol. The molecule has 0 bridgehead atoms. The number of anilines is 1. The molecule has 0 atom stereocenters. The van der Waals surface area contributed by atoms with Crippen molar-refractivity contribution in [3.63, 3.8) is 0 Å². The Morgan fingerprint density at radius 3 is 2.66 bits per heavy atom. The first kappa shape index (κ1) is 20.4. The van der Waals surface area contributed by atoms with Crippen molar-refractivity contribution in [2.45, 2.75) is 38.9 Å². The summed E-state index contributed by atoms with van der Waals surface area (Å²) >= 11 is 0. The van der Waals surface area contributed by atoms with Gasteiger partial charge in [-0.2, -0.15) is 0 Å². The molecule has 1 aliphatic heterocycles. The molecule has 32 heavy (non-hydrogen) atoms. The fourth-order valence-electron chi connectivity index (χ4n) is 4.47. The molecule has 1 aliphatic rings. The minimum Gasteiger partial charge on any atom is -0.326 e. The zero-order chi connectivity index (χ0) is 21.9. The van der Waals surface area contributed by atoms with E-state index in [9.17, 15) is 4.79 Å². The van der Waals surface area contributed by atoms with Crippen molar-refractivity contribution >= 4 is 22.6 Å². The standard InChI is InChI=1S/C24H27N7O/c1-18(32)26-21-8-6-19(7-9-21)16-29-13-10-20(11-14-29)24-25-12-15-30(24)17-31-23-5-3-2-4-22(23)27-28-31/h2-9,12,15,20H,10-11,13-14,16-17H2,1H3,(H,26,32). The fraction of sp³-hybridized carbons (Fsp3) is 0.333. The Labute approximate surface area is 186 Å². The highest BCUT2D eigenvalue weighted by molar-refractivity contribution is 5.88. The number of rotatable bonds is 6. The molecule has 5 rings (SSSR count). The van der Waals surface area contributed by atoms with Crippen LogP contribution < -0.4 is 5.32 Å². The molecule has 164 valence electrons. The molecular weight excluding hydrogens is 402 g/mol. The van der Waals surface area contributed by atoms with Crippen LogP contribution in [0.5, 0.6) is 0 Å². The normalized spacial score (nSPS) is 15.3. The number of hydrogen-bond donors (Lipinski definition) is 1. The van der Waals surface area contributed by atoms with Gasteiger partial charge in [0, 0.05) is 37.5 Å². The topological polar surface area (TPSA) is 80.9 Å². The maximum Gasteiger partial charge on any atom is 0.221 e. The van der Waals surface area contributed by atoms with Gasteiger partial charge in [0.1, 0.15) is 18.0 Å². The maximum atomic E-state index is 11.2. The van der Waals surface area contributed by atoms with Gasteiger partial charge < -0.3 is 9.88 Å². The molecule has 2 aromatic carbocycles. The summed E-state index contributed by atoms with van der Waals surface area (Å²) < 4.78 is 4.13. The Kier molecular flexibility index (Phi) is 5.68. The number of imidazole rings is 1. The highest BCUT2D eigenvalue weighted by Gasteiger charge is 2.24. The molecule has 1 amide bonds. The lowest BCUT2D eigenvalue weighted by atomic mass is 9.95. The lowest BCUT2D eigenvalue weighted by molar-refractivity contribution is -0.114. The number of piperidine rings is 1. The molecule has 4 aromatic rings. The van der Waals surface area contributed by atoms with Gasteiger partial charge in [-0.15, -0.1) is 5.10 Å². The summed E-state index contributed by atoms with van der Waals surface area (Å²) in [6.07, 6.45) is 6.09. The number of carbonyl (C=O) groups excluding carboxylic acids is 1. The van der Waals surface area contributed by atoms with Crippen molar-refractivity contribution in [2.75, 3.05) is 18.4 Å². The predicted octanol–water partition coefficient (Wildman–Crippen LogP) is 3.47. The van der Waals surface area contributed by atoms with Crippen LogP contribution in [0.25, 0.3) is 11.0 Å². The van der Waals surface area contributed by atoms with Crippen molar-refractivity contribution in [2.24, 2.45) is 0 Å². The van der Waals surface area contributed by atoms with E-state index in [0.717, 1.165) is 55.0 Å². The number of fused-ring (bicyclic) bond motifs is 1. The summed E-state index contributed by atoms with van der Waals surface area (Å²) in [5, 5.41) is 11.4. The number of likely N-dealkylation sites (tertiary alicyclic amines) is 1. The number of hydrogen-bond acceptors (Lipinski definition) is 5. The van der Waals surface area contributed by atoms with Crippen LogP contribution in [-0.2, 0) is 18.0 Å². The number of para-hydroxylation sites is 1. The van der Waals surface area contributed by atoms with Crippen LogP contribution in [0, 0.1) is 0 Å². The Bertz CT molecular complexity index is 1200. The summed E-state index contributed by atoms with van der Waals surface area (Å²) in [5.41, 5.74) is 4.04. The summed E-state index contributed by atoms with van der Waals surface area (Å²) in [6, 6.07) is 16.1. The number of benzene rings is 2. The smallest absolute Gasteiger partial charge is 0.221 e. The van der Waals surface area contributed by atoms with E-state index in [0.29, 0.717) is 12.6 Å². The van der Waals surface area contributed by atoms with Crippen LogP contribution in [-0.4, -0.2) is 48.4 Å². The summed E-state index contributed by atoms with van der Waals surface area (Å²) in [6.45, 7) is 5.15. The van der Waals surface area contributed by atoms with E-state index in [2.05, 4.69) is 37.2 Å². The minimum atomic E-state index is -0.0461. The lowest BCUT2D eigenvalue weighted by Crippen LogP contribution is -2.33. The first-order valence-electron chi connectivity index (χ1n) is 11.0. The van der Waals surface area contributed by atoms with E-state index in [1.807, 2.05) is 53.5 Å². The molecule has 2 aromatic heterocycles. The van der Waals surface area contributed by atoms with Gasteiger partial charge in [0.2, 0.25) is 5.91 Å². The van der Waals surface area contributed by atoms with E-state index in [4.69, 9.17) is 4.98 Å². The minimum absolute atomic E-state index is 0.0461. The molecule has 1 fully saturated rings. The van der Waals surface area contributed by atoms with Gasteiger partial charge in [-0.3, -0.25) is 9.69 Å². The van der Waals surface area contributed by atoms with E-state index in [1.165, 1.54) is 12.5 Å². The Morgan fingerprint density at radius 2 is 1.88 bits per heavy atom. The van der Waals surface area contributed by atoms with Crippen molar-refractivity contribution in [3.05, 3.63) is 72.3 Å². The molecule has 1 N–H and O–H groups in total. The summed E-state index contributed by atoms with van der Waals surface area (Å²) in [5.74, 6) is 1.53. The quantitative estimate of drug-likeness (QED) is 0.508. The second kappa shape index (κ2) is 8.92. The fourth-order valence-corrected chi connectivity index (χ4v) is 4.47. The first-order chi connectivity index (χ1) is 15.7. The Hall–Kier alpha value is -3.52. The van der Waals surface area contributed by atoms with E-state index >= 15 is 0 Å². The number of carbonyl (C=O) groups is 1. The van der Waals surface area contributed by atoms with Gasteiger partial charge >= 0.3 is 0 Å². The first-order valence-corrected chi connectivity index (χ1v) is 11.0. The molecular formula is C24H27N7O. The average Bonchev–Trinajstić information content (AvgIpc) is 3.43. The number of amides is 1. The molecule has 1 saturated heterocycles. The van der Waals surface area contributed by atoms with Crippen LogP contribution >= 0.6 is 0 Å². The van der Waals surface area contributed by atoms with Crippen molar-refractivity contribution in [3.8, 4) is 0 Å². The van der Waals surface area contributed by atoms with Crippen LogP contribution in [0.2, 0.25) is 0 Å². The Morgan fingerprint density at radius 1 is 1.09 bits per heavy atom. The highest BCUT2D eigenvalue weighted by Crippen LogP contribution is 2.28. The van der Waals surface area contributed by atoms with E-state index < -0.39 is 0 Å². The third-order valence-corrected chi connectivity index (χ3v) is 6.09. The average molecular weight is 430 g/mol. The van der Waals surface area contributed by atoms with E-state index in [1.54, 1.807) is 0 Å². The molecule has 0 spiro atoms. The number of aromatic nitrogens is 5. The molecule has 0 radical (unpaired) electrons. The highest BCUT2D eigenvalue weighted by atomic mass is 16.1. The number of nitrogens with zero attached hydrogens (tertiary/aromatic N) is 6. The SMILES string of the molecule is CC(=O)Nc1ccc(CN2CCC(c3nccn3Cn3nnc4ccccc43)CC2)cc1. The lowest BCUT2D eigenvalue weighted by Gasteiger charge is -2.32. The van der Waals surface area contributed by atoms with Gasteiger partial charge in [0.05, 0.1) is 5.52 Å². The van der Waals surface area contributed by atoms with Crippen LogP contribution in [0.1, 0.15) is 37.1 Å².